The van der Waals surface area contributed by atoms with E-state index in [0.29, 0.717) is 6.61 Å². The van der Waals surface area contributed by atoms with Crippen LogP contribution in [0, 0.1) is 13.8 Å². The van der Waals surface area contributed by atoms with Crippen LogP contribution >= 0.6 is 0 Å². The summed E-state index contributed by atoms with van der Waals surface area (Å²) >= 11 is 0. The van der Waals surface area contributed by atoms with Crippen molar-refractivity contribution in [2.75, 3.05) is 6.61 Å². The van der Waals surface area contributed by atoms with E-state index in [4.69, 9.17) is 4.74 Å². The third kappa shape index (κ3) is 4.00. The van der Waals surface area contributed by atoms with Gasteiger partial charge >= 0.3 is 0 Å². The number of hydrogen-bond donors (Lipinski definition) is 0. The molecular weight excluding hydrogens is 268 g/mol. The van der Waals surface area contributed by atoms with Gasteiger partial charge in [0.05, 0.1) is 6.61 Å². The summed E-state index contributed by atoms with van der Waals surface area (Å²) in [5.74, 6) is 0.987. The smallest absolute Gasteiger partial charge is 0.122 e. The van der Waals surface area contributed by atoms with E-state index < -0.39 is 0 Å². The molecule has 0 aliphatic carbocycles. The van der Waals surface area contributed by atoms with E-state index in [1.54, 1.807) is 0 Å². The number of hydrogen-bond acceptors (Lipinski definition) is 1. The van der Waals surface area contributed by atoms with Crippen molar-refractivity contribution in [2.24, 2.45) is 0 Å². The molecule has 0 aliphatic rings. The highest BCUT2D eigenvalue weighted by atomic mass is 16.5. The second-order valence-electron chi connectivity index (χ2n) is 5.66. The Labute approximate surface area is 134 Å². The Bertz CT molecular complexity index is 636. The van der Waals surface area contributed by atoms with Crippen molar-refractivity contribution in [1.29, 1.82) is 0 Å². The van der Waals surface area contributed by atoms with Crippen LogP contribution in [0.1, 0.15) is 48.1 Å². The van der Waals surface area contributed by atoms with Gasteiger partial charge in [-0.05, 0) is 61.1 Å². The average molecular weight is 294 g/mol. The van der Waals surface area contributed by atoms with Crippen molar-refractivity contribution in [1.82, 2.24) is 0 Å². The molecular formula is C21H26O. The van der Waals surface area contributed by atoms with Gasteiger partial charge in [-0.2, -0.15) is 0 Å². The monoisotopic (exact) mass is 294 g/mol. The third-order valence-corrected chi connectivity index (χ3v) is 4.05. The maximum Gasteiger partial charge on any atom is 0.122 e. The normalized spacial score (nSPS) is 11.1. The lowest BCUT2D eigenvalue weighted by Crippen LogP contribution is -1.96. The molecule has 0 unspecified atom stereocenters. The zero-order valence-electron chi connectivity index (χ0n) is 14.1. The summed E-state index contributed by atoms with van der Waals surface area (Å²) in [6.07, 6.45) is 6.71. The number of aryl methyl sites for hydroxylation is 1. The quantitative estimate of drug-likeness (QED) is 0.609. The van der Waals surface area contributed by atoms with Gasteiger partial charge in [0.25, 0.3) is 0 Å². The van der Waals surface area contributed by atoms with E-state index >= 15 is 0 Å². The van der Waals surface area contributed by atoms with Crippen molar-refractivity contribution < 1.29 is 4.74 Å². The summed E-state index contributed by atoms with van der Waals surface area (Å²) < 4.78 is 5.65. The van der Waals surface area contributed by atoms with Crippen LogP contribution in [-0.4, -0.2) is 6.61 Å². The van der Waals surface area contributed by atoms with Crippen LogP contribution in [0.3, 0.4) is 0 Å². The van der Waals surface area contributed by atoms with Gasteiger partial charge in [0.15, 0.2) is 0 Å². The SMILES string of the molecule is CCCc1ccc(C=Cc2ccc(OCC)c(C)c2C)cc1. The fourth-order valence-electron chi connectivity index (χ4n) is 2.58. The van der Waals surface area contributed by atoms with Gasteiger partial charge in [-0.1, -0.05) is 55.8 Å². The van der Waals surface area contributed by atoms with E-state index in [-0.39, 0.29) is 0 Å². The van der Waals surface area contributed by atoms with Gasteiger partial charge in [0.2, 0.25) is 0 Å². The van der Waals surface area contributed by atoms with Gasteiger partial charge in [-0.15, -0.1) is 0 Å². The molecule has 0 aliphatic heterocycles. The van der Waals surface area contributed by atoms with Crippen molar-refractivity contribution >= 4 is 12.2 Å². The molecule has 0 bridgehead atoms. The fourth-order valence-corrected chi connectivity index (χ4v) is 2.58. The molecule has 0 radical (unpaired) electrons. The van der Waals surface area contributed by atoms with Crippen LogP contribution in [0.5, 0.6) is 5.75 Å². The van der Waals surface area contributed by atoms with Crippen LogP contribution in [-0.2, 0) is 6.42 Å². The molecule has 0 atom stereocenters. The first-order valence-corrected chi connectivity index (χ1v) is 8.15. The molecule has 0 N–H and O–H groups in total. The summed E-state index contributed by atoms with van der Waals surface area (Å²) in [4.78, 5) is 0. The lowest BCUT2D eigenvalue weighted by atomic mass is 10.0. The molecule has 0 aromatic heterocycles. The van der Waals surface area contributed by atoms with Gasteiger partial charge < -0.3 is 4.74 Å². The summed E-state index contributed by atoms with van der Waals surface area (Å²) in [5, 5.41) is 0. The molecule has 0 fully saturated rings. The van der Waals surface area contributed by atoms with Crippen molar-refractivity contribution in [2.45, 2.75) is 40.5 Å². The maximum atomic E-state index is 5.65. The minimum absolute atomic E-state index is 0.708. The molecule has 2 aromatic rings. The first kappa shape index (κ1) is 16.4. The average Bonchev–Trinajstić information content (AvgIpc) is 2.53. The number of rotatable bonds is 6. The minimum Gasteiger partial charge on any atom is -0.494 e. The van der Waals surface area contributed by atoms with Crippen molar-refractivity contribution in [3.63, 3.8) is 0 Å². The van der Waals surface area contributed by atoms with E-state index in [1.165, 1.54) is 34.2 Å². The zero-order valence-corrected chi connectivity index (χ0v) is 14.1. The predicted molar refractivity (Wildman–Crippen MR) is 96.5 cm³/mol. The molecule has 1 nitrogen and oxygen atoms in total. The Morgan fingerprint density at radius 1 is 0.864 bits per heavy atom. The highest BCUT2D eigenvalue weighted by molar-refractivity contribution is 5.72. The molecule has 2 aromatic carbocycles. The highest BCUT2D eigenvalue weighted by Gasteiger charge is 2.05. The van der Waals surface area contributed by atoms with Crippen LogP contribution in [0.25, 0.3) is 12.2 Å². The van der Waals surface area contributed by atoms with E-state index in [9.17, 15) is 0 Å². The summed E-state index contributed by atoms with van der Waals surface area (Å²) in [7, 11) is 0. The molecule has 0 heterocycles. The Balaban J connectivity index is 2.17. The lowest BCUT2D eigenvalue weighted by molar-refractivity contribution is 0.337. The topological polar surface area (TPSA) is 9.23 Å². The molecule has 0 saturated heterocycles. The molecule has 0 spiro atoms. The van der Waals surface area contributed by atoms with Gasteiger partial charge in [-0.3, -0.25) is 0 Å². The van der Waals surface area contributed by atoms with E-state index in [1.807, 2.05) is 6.92 Å². The third-order valence-electron chi connectivity index (χ3n) is 4.05. The number of benzene rings is 2. The molecule has 1 heteroatoms. The maximum absolute atomic E-state index is 5.65. The van der Waals surface area contributed by atoms with Crippen LogP contribution < -0.4 is 4.74 Å². The van der Waals surface area contributed by atoms with Gasteiger partial charge in [-0.25, -0.2) is 0 Å². The van der Waals surface area contributed by atoms with Crippen LogP contribution in [0.15, 0.2) is 36.4 Å². The standard InChI is InChI=1S/C21H26O/c1-5-7-18-8-10-19(11-9-18)12-13-20-14-15-21(22-6-2)17(4)16(20)3/h8-15H,5-7H2,1-4H3. The Morgan fingerprint density at radius 3 is 2.23 bits per heavy atom. The summed E-state index contributed by atoms with van der Waals surface area (Å²) in [6, 6.07) is 13.0. The minimum atomic E-state index is 0.708. The summed E-state index contributed by atoms with van der Waals surface area (Å²) in [5.41, 5.74) is 6.41. The molecule has 22 heavy (non-hydrogen) atoms. The summed E-state index contributed by atoms with van der Waals surface area (Å²) in [6.45, 7) is 9.22. The number of ether oxygens (including phenoxy) is 1. The first-order chi connectivity index (χ1) is 10.7. The largest absolute Gasteiger partial charge is 0.494 e. The fraction of sp³-hybridized carbons (Fsp3) is 0.333. The lowest BCUT2D eigenvalue weighted by Gasteiger charge is -2.11. The van der Waals surface area contributed by atoms with Gasteiger partial charge in [0, 0.05) is 0 Å². The Hall–Kier alpha value is -2.02. The molecule has 2 rings (SSSR count). The van der Waals surface area contributed by atoms with Gasteiger partial charge in [0.1, 0.15) is 5.75 Å². The first-order valence-electron chi connectivity index (χ1n) is 8.15. The van der Waals surface area contributed by atoms with Crippen LogP contribution in [0.4, 0.5) is 0 Å². The zero-order chi connectivity index (χ0) is 15.9. The van der Waals surface area contributed by atoms with Crippen LogP contribution in [0.2, 0.25) is 0 Å². The Kier molecular flexibility index (Phi) is 5.83. The molecule has 0 saturated carbocycles. The Morgan fingerprint density at radius 2 is 1.59 bits per heavy atom. The van der Waals surface area contributed by atoms with E-state index in [2.05, 4.69) is 69.3 Å². The van der Waals surface area contributed by atoms with E-state index in [0.717, 1.165) is 12.2 Å². The second kappa shape index (κ2) is 7.84. The molecule has 116 valence electrons. The molecule has 0 amide bonds. The predicted octanol–water partition coefficient (Wildman–Crippen LogP) is 5.83. The van der Waals surface area contributed by atoms with Crippen molar-refractivity contribution in [3.05, 3.63) is 64.2 Å². The highest BCUT2D eigenvalue weighted by Crippen LogP contribution is 2.25. The van der Waals surface area contributed by atoms with Crippen molar-refractivity contribution in [3.8, 4) is 5.75 Å². The second-order valence-corrected chi connectivity index (χ2v) is 5.66.